The van der Waals surface area contributed by atoms with Crippen LogP contribution in [0.15, 0.2) is 36.9 Å². The van der Waals surface area contributed by atoms with E-state index in [4.69, 9.17) is 0 Å². The van der Waals surface area contributed by atoms with E-state index < -0.39 is 0 Å². The molecule has 1 atom stereocenters. The van der Waals surface area contributed by atoms with Crippen LogP contribution in [0.25, 0.3) is 5.65 Å². The lowest BCUT2D eigenvalue weighted by molar-refractivity contribution is 0.208. The van der Waals surface area contributed by atoms with E-state index in [1.807, 2.05) is 31.5 Å². The maximum Gasteiger partial charge on any atom is 0.200 e. The largest absolute Gasteiger partial charge is 0.378 e. The molecule has 3 aromatic rings. The zero-order valence-corrected chi connectivity index (χ0v) is 13.8. The van der Waals surface area contributed by atoms with E-state index in [1.54, 1.807) is 10.8 Å². The first kappa shape index (κ1) is 15.0. The zero-order valence-electron chi connectivity index (χ0n) is 13.8. The van der Waals surface area contributed by atoms with Gasteiger partial charge < -0.3 is 5.32 Å². The predicted molar refractivity (Wildman–Crippen MR) is 91.7 cm³/mol. The fourth-order valence-corrected chi connectivity index (χ4v) is 3.35. The summed E-state index contributed by atoms with van der Waals surface area (Å²) in [5, 5.41) is 16.2. The standard InChI is InChI=1S/C17H21N7/c1-13-8-16(17-21-19-12-24(17)22-13)20-15-5-3-7-23(11-15)10-14-4-2-6-18-9-14/h2,4,6,8-9,12,15,20H,3,5,7,10-11H2,1H3. The van der Waals surface area contributed by atoms with E-state index in [9.17, 15) is 0 Å². The molecular formula is C17H21N7. The molecular weight excluding hydrogens is 302 g/mol. The molecule has 3 aromatic heterocycles. The Kier molecular flexibility index (Phi) is 4.08. The lowest BCUT2D eigenvalue weighted by Gasteiger charge is -2.33. The van der Waals surface area contributed by atoms with Crippen LogP contribution in [0.4, 0.5) is 5.69 Å². The zero-order chi connectivity index (χ0) is 16.4. The van der Waals surface area contributed by atoms with Gasteiger partial charge in [0, 0.05) is 31.5 Å². The highest BCUT2D eigenvalue weighted by Gasteiger charge is 2.21. The maximum atomic E-state index is 4.39. The van der Waals surface area contributed by atoms with Crippen molar-refractivity contribution in [3.63, 3.8) is 0 Å². The number of hydrogen-bond acceptors (Lipinski definition) is 6. The van der Waals surface area contributed by atoms with Gasteiger partial charge in [0.1, 0.15) is 6.33 Å². The van der Waals surface area contributed by atoms with Crippen molar-refractivity contribution in [1.82, 2.24) is 29.7 Å². The van der Waals surface area contributed by atoms with Crippen molar-refractivity contribution in [2.45, 2.75) is 32.4 Å². The average molecular weight is 323 g/mol. The summed E-state index contributed by atoms with van der Waals surface area (Å²) >= 11 is 0. The Morgan fingerprint density at radius 2 is 2.33 bits per heavy atom. The van der Waals surface area contributed by atoms with E-state index in [0.29, 0.717) is 6.04 Å². The molecule has 1 unspecified atom stereocenters. The Bertz CT molecular complexity index is 814. The highest BCUT2D eigenvalue weighted by atomic mass is 15.3. The van der Waals surface area contributed by atoms with Crippen LogP contribution in [0.3, 0.4) is 0 Å². The third-order valence-corrected chi connectivity index (χ3v) is 4.38. The number of aryl methyl sites for hydroxylation is 1. The first-order chi connectivity index (χ1) is 11.8. The number of nitrogens with zero attached hydrogens (tertiary/aromatic N) is 6. The van der Waals surface area contributed by atoms with Crippen molar-refractivity contribution in [3.8, 4) is 0 Å². The predicted octanol–water partition coefficient (Wildman–Crippen LogP) is 1.90. The Balaban J connectivity index is 1.47. The molecule has 1 N–H and O–H groups in total. The molecule has 4 heterocycles. The molecule has 0 radical (unpaired) electrons. The second-order valence-electron chi connectivity index (χ2n) is 6.38. The Morgan fingerprint density at radius 1 is 1.38 bits per heavy atom. The SMILES string of the molecule is Cc1cc(NC2CCCN(Cc3cccnc3)C2)c2nncn2n1. The van der Waals surface area contributed by atoms with Crippen molar-refractivity contribution >= 4 is 11.3 Å². The lowest BCUT2D eigenvalue weighted by atomic mass is 10.0. The molecule has 1 aliphatic rings. The van der Waals surface area contributed by atoms with Crippen LogP contribution in [0, 0.1) is 6.92 Å². The summed E-state index contributed by atoms with van der Waals surface area (Å²) in [5.74, 6) is 0. The lowest BCUT2D eigenvalue weighted by Crippen LogP contribution is -2.41. The first-order valence-electron chi connectivity index (χ1n) is 8.33. The topological polar surface area (TPSA) is 71.2 Å². The van der Waals surface area contributed by atoms with E-state index in [1.165, 1.54) is 12.0 Å². The number of likely N-dealkylation sites (tertiary alicyclic amines) is 1. The van der Waals surface area contributed by atoms with Crippen LogP contribution >= 0.6 is 0 Å². The fourth-order valence-electron chi connectivity index (χ4n) is 3.35. The summed E-state index contributed by atoms with van der Waals surface area (Å²) < 4.78 is 1.73. The van der Waals surface area contributed by atoms with E-state index >= 15 is 0 Å². The van der Waals surface area contributed by atoms with E-state index in [2.05, 4.69) is 36.6 Å². The van der Waals surface area contributed by atoms with Crippen LogP contribution < -0.4 is 5.32 Å². The number of nitrogens with one attached hydrogen (secondary N) is 1. The first-order valence-corrected chi connectivity index (χ1v) is 8.33. The van der Waals surface area contributed by atoms with Gasteiger partial charge in [0.05, 0.1) is 11.4 Å². The molecule has 7 nitrogen and oxygen atoms in total. The van der Waals surface area contributed by atoms with Crippen LogP contribution in [-0.4, -0.2) is 48.8 Å². The summed E-state index contributed by atoms with van der Waals surface area (Å²) in [7, 11) is 0. The van der Waals surface area contributed by atoms with Crippen LogP contribution in [-0.2, 0) is 6.54 Å². The molecule has 0 aliphatic carbocycles. The average Bonchev–Trinajstić information content (AvgIpc) is 3.04. The number of pyridine rings is 1. The maximum absolute atomic E-state index is 4.39. The van der Waals surface area contributed by atoms with Gasteiger partial charge in [0.2, 0.25) is 5.65 Å². The summed E-state index contributed by atoms with van der Waals surface area (Å²) in [5.41, 5.74) is 4.00. The summed E-state index contributed by atoms with van der Waals surface area (Å²) in [6.07, 6.45) is 7.75. The van der Waals surface area contributed by atoms with Crippen molar-refractivity contribution in [3.05, 3.63) is 48.2 Å². The Morgan fingerprint density at radius 3 is 3.21 bits per heavy atom. The normalized spacial score (nSPS) is 18.8. The second kappa shape index (κ2) is 6.52. The van der Waals surface area contributed by atoms with Gasteiger partial charge in [-0.1, -0.05) is 6.07 Å². The van der Waals surface area contributed by atoms with Gasteiger partial charge in [-0.05, 0) is 44.0 Å². The summed E-state index contributed by atoms with van der Waals surface area (Å²) in [6.45, 7) is 5.07. The minimum absolute atomic E-state index is 0.401. The number of rotatable bonds is 4. The molecule has 1 saturated heterocycles. The van der Waals surface area contributed by atoms with Gasteiger partial charge in [-0.25, -0.2) is 0 Å². The molecule has 24 heavy (non-hydrogen) atoms. The summed E-state index contributed by atoms with van der Waals surface area (Å²) in [6, 6.07) is 6.58. The monoisotopic (exact) mass is 323 g/mol. The van der Waals surface area contributed by atoms with Gasteiger partial charge in [0.25, 0.3) is 0 Å². The number of fused-ring (bicyclic) bond motifs is 1. The minimum Gasteiger partial charge on any atom is -0.378 e. The van der Waals surface area contributed by atoms with Crippen molar-refractivity contribution in [2.75, 3.05) is 18.4 Å². The molecule has 0 saturated carbocycles. The molecule has 0 aromatic carbocycles. The van der Waals surface area contributed by atoms with Gasteiger partial charge in [-0.3, -0.25) is 9.88 Å². The number of anilines is 1. The number of hydrogen-bond donors (Lipinski definition) is 1. The van der Waals surface area contributed by atoms with Gasteiger partial charge >= 0.3 is 0 Å². The van der Waals surface area contributed by atoms with E-state index in [0.717, 1.165) is 43.1 Å². The van der Waals surface area contributed by atoms with Gasteiger partial charge in [-0.2, -0.15) is 9.61 Å². The van der Waals surface area contributed by atoms with Crippen LogP contribution in [0.5, 0.6) is 0 Å². The third kappa shape index (κ3) is 3.21. The Labute approximate surface area is 140 Å². The minimum atomic E-state index is 0.401. The highest BCUT2D eigenvalue weighted by molar-refractivity contribution is 5.67. The van der Waals surface area contributed by atoms with Crippen LogP contribution in [0.1, 0.15) is 24.1 Å². The molecule has 0 amide bonds. The molecule has 1 aliphatic heterocycles. The van der Waals surface area contributed by atoms with E-state index in [-0.39, 0.29) is 0 Å². The smallest absolute Gasteiger partial charge is 0.200 e. The quantitative estimate of drug-likeness (QED) is 0.791. The molecule has 1 fully saturated rings. The van der Waals surface area contributed by atoms with Gasteiger partial charge in [0.15, 0.2) is 0 Å². The molecule has 7 heteroatoms. The van der Waals surface area contributed by atoms with Crippen molar-refractivity contribution in [2.24, 2.45) is 0 Å². The number of piperidine rings is 1. The third-order valence-electron chi connectivity index (χ3n) is 4.38. The Hall–Kier alpha value is -2.54. The van der Waals surface area contributed by atoms with Crippen molar-refractivity contribution < 1.29 is 0 Å². The fraction of sp³-hybridized carbons (Fsp3) is 0.412. The second-order valence-corrected chi connectivity index (χ2v) is 6.38. The molecule has 124 valence electrons. The molecule has 0 bridgehead atoms. The van der Waals surface area contributed by atoms with Crippen LogP contribution in [0.2, 0.25) is 0 Å². The highest BCUT2D eigenvalue weighted by Crippen LogP contribution is 2.20. The molecule has 0 spiro atoms. The van der Waals surface area contributed by atoms with Gasteiger partial charge in [-0.15, -0.1) is 10.2 Å². The summed E-state index contributed by atoms with van der Waals surface area (Å²) in [4.78, 5) is 6.69. The molecule has 4 rings (SSSR count). The van der Waals surface area contributed by atoms with Crippen molar-refractivity contribution in [1.29, 1.82) is 0 Å². The number of aromatic nitrogens is 5.